The lowest BCUT2D eigenvalue weighted by atomic mass is 9.73. The predicted octanol–water partition coefficient (Wildman–Crippen LogP) is 5.63. The summed E-state index contributed by atoms with van der Waals surface area (Å²) in [5.74, 6) is 0.489. The number of piperidine rings is 2. The Morgan fingerprint density at radius 1 is 0.980 bits per heavy atom. The Kier molecular flexibility index (Phi) is 8.07. The summed E-state index contributed by atoms with van der Waals surface area (Å²) in [4.78, 5) is 58.6. The van der Waals surface area contributed by atoms with E-state index in [1.807, 2.05) is 11.0 Å². The molecule has 1 aliphatic carbocycles. The van der Waals surface area contributed by atoms with E-state index in [0.29, 0.717) is 59.6 Å². The molecule has 2 aromatic carbocycles. The van der Waals surface area contributed by atoms with Gasteiger partial charge >= 0.3 is 0 Å². The molecule has 11 nitrogen and oxygen atoms in total. The van der Waals surface area contributed by atoms with Gasteiger partial charge in [0.1, 0.15) is 5.52 Å². The molecule has 0 atom stereocenters. The number of H-pyrrole nitrogens is 1. The molecule has 5 heterocycles. The van der Waals surface area contributed by atoms with Gasteiger partial charge in [0.25, 0.3) is 5.91 Å². The number of rotatable bonds is 6. The molecule has 49 heavy (non-hydrogen) atoms. The van der Waals surface area contributed by atoms with Gasteiger partial charge in [-0.15, -0.1) is 0 Å². The molecule has 3 amide bonds. The molecule has 2 saturated heterocycles. The van der Waals surface area contributed by atoms with Crippen molar-refractivity contribution >= 4 is 57.5 Å². The number of nitrogens with one attached hydrogen (secondary N) is 3. The summed E-state index contributed by atoms with van der Waals surface area (Å²) in [6.45, 7) is 5.07. The molecule has 12 heteroatoms. The Hall–Kier alpha value is -4.48. The molecule has 254 valence electrons. The van der Waals surface area contributed by atoms with Gasteiger partial charge in [-0.05, 0) is 87.5 Å². The summed E-state index contributed by atoms with van der Waals surface area (Å²) in [6, 6.07) is 14.1. The van der Waals surface area contributed by atoms with Crippen LogP contribution in [0.25, 0.3) is 22.3 Å². The van der Waals surface area contributed by atoms with Crippen LogP contribution in [0, 0.1) is 0 Å². The normalized spacial score (nSPS) is 21.9. The third-order valence-electron chi connectivity index (χ3n) is 11.2. The van der Waals surface area contributed by atoms with Crippen LogP contribution in [0.3, 0.4) is 0 Å². The zero-order chi connectivity index (χ0) is 33.9. The summed E-state index contributed by atoms with van der Waals surface area (Å²) >= 11 is 6.31. The van der Waals surface area contributed by atoms with Gasteiger partial charge in [-0.25, -0.2) is 9.97 Å². The van der Waals surface area contributed by atoms with Gasteiger partial charge in [-0.3, -0.25) is 14.4 Å². The second kappa shape index (κ2) is 12.4. The second-order valence-corrected chi connectivity index (χ2v) is 14.3. The van der Waals surface area contributed by atoms with E-state index in [-0.39, 0.29) is 23.8 Å². The molecule has 1 spiro atoms. The number of likely N-dealkylation sites (tertiary alicyclic amines) is 2. The maximum atomic E-state index is 14.6. The van der Waals surface area contributed by atoms with Gasteiger partial charge in [0.15, 0.2) is 5.82 Å². The number of aromatic amines is 1. The molecular weight excluding hydrogens is 640 g/mol. The minimum atomic E-state index is -0.624. The molecule has 0 bridgehead atoms. The number of carbonyl (C=O) groups is 3. The van der Waals surface area contributed by atoms with E-state index < -0.39 is 5.41 Å². The smallest absolute Gasteiger partial charge is 0.252 e. The number of nitrogens with zero attached hydrogens (tertiary/aromatic N) is 5. The van der Waals surface area contributed by atoms with E-state index in [1.165, 1.54) is 19.3 Å². The summed E-state index contributed by atoms with van der Waals surface area (Å²) in [7, 11) is 1.57. The monoisotopic (exact) mass is 680 g/mol. The van der Waals surface area contributed by atoms with Crippen molar-refractivity contribution in [1.29, 1.82) is 0 Å². The Bertz CT molecular complexity index is 1960. The van der Waals surface area contributed by atoms with E-state index >= 15 is 0 Å². The molecule has 4 aliphatic rings. The highest BCUT2D eigenvalue weighted by Gasteiger charge is 2.55. The molecule has 3 N–H and O–H groups in total. The number of carbonyl (C=O) groups excluding carboxylic acids is 3. The minimum Gasteiger partial charge on any atom is -0.355 e. The van der Waals surface area contributed by atoms with E-state index in [0.717, 1.165) is 54.0 Å². The fourth-order valence-electron chi connectivity index (χ4n) is 8.38. The lowest BCUT2D eigenvalue weighted by Gasteiger charge is -2.48. The topological polar surface area (TPSA) is 127 Å². The third-order valence-corrected chi connectivity index (χ3v) is 11.6. The largest absolute Gasteiger partial charge is 0.355 e. The first-order chi connectivity index (χ1) is 23.8. The molecule has 1 saturated carbocycles. The fourth-order valence-corrected chi connectivity index (χ4v) is 8.58. The first kappa shape index (κ1) is 31.8. The SMILES string of the molecule is CNC(=O)c1cc(Nc2nc(-c3ccc4c(c3)N(C3CC(N5CCCCC5)C3)C(=O)C43CCN(C(C)=O)CC3)cc3[nH]cnc23)ccc1Cl. The van der Waals surface area contributed by atoms with Crippen molar-refractivity contribution < 1.29 is 14.4 Å². The average molecular weight is 681 g/mol. The summed E-state index contributed by atoms with van der Waals surface area (Å²) in [5, 5.41) is 6.34. The van der Waals surface area contributed by atoms with Crippen molar-refractivity contribution in [2.45, 2.75) is 69.4 Å². The van der Waals surface area contributed by atoms with Crippen LogP contribution in [-0.4, -0.2) is 87.8 Å². The van der Waals surface area contributed by atoms with Crippen molar-refractivity contribution in [3.63, 3.8) is 0 Å². The van der Waals surface area contributed by atoms with Gasteiger partial charge < -0.3 is 30.3 Å². The van der Waals surface area contributed by atoms with Gasteiger partial charge in [0, 0.05) is 56.1 Å². The van der Waals surface area contributed by atoms with Crippen LogP contribution < -0.4 is 15.5 Å². The zero-order valence-electron chi connectivity index (χ0n) is 27.9. The van der Waals surface area contributed by atoms with Crippen LogP contribution in [0.2, 0.25) is 5.02 Å². The maximum absolute atomic E-state index is 14.6. The van der Waals surface area contributed by atoms with Crippen molar-refractivity contribution in [3.8, 4) is 11.3 Å². The number of imidazole rings is 1. The molecule has 8 rings (SSSR count). The van der Waals surface area contributed by atoms with Crippen LogP contribution in [0.1, 0.15) is 67.8 Å². The van der Waals surface area contributed by atoms with Crippen LogP contribution in [0.4, 0.5) is 17.2 Å². The number of halogens is 1. The lowest BCUT2D eigenvalue weighted by molar-refractivity contribution is -0.134. The second-order valence-electron chi connectivity index (χ2n) is 13.9. The van der Waals surface area contributed by atoms with Gasteiger partial charge in [0.2, 0.25) is 11.8 Å². The minimum absolute atomic E-state index is 0.0595. The number of benzene rings is 2. The van der Waals surface area contributed by atoms with Gasteiger partial charge in [-0.1, -0.05) is 30.2 Å². The standard InChI is InChI=1S/C37H41ClN8O3/c1-22(47)44-14-10-37(11-15-44)28-8-6-23(16-32(28)46(36(37)49)26-18-25(19-26)45-12-4-3-5-13-45)30-20-31-33(41-21-40-31)34(43-30)42-24-7-9-29(38)27(17-24)35(48)39-2/h6-9,16-17,20-21,25-26H,3-5,10-15,18-19H2,1-2H3,(H,39,48)(H,40,41)(H,42,43). The van der Waals surface area contributed by atoms with Crippen molar-refractivity contribution in [2.24, 2.45) is 0 Å². The highest BCUT2D eigenvalue weighted by Crippen LogP contribution is 2.52. The molecule has 3 fully saturated rings. The van der Waals surface area contributed by atoms with Crippen molar-refractivity contribution in [2.75, 3.05) is 43.4 Å². The number of pyridine rings is 1. The Labute approximate surface area is 290 Å². The van der Waals surface area contributed by atoms with Crippen LogP contribution in [0.15, 0.2) is 48.8 Å². The third kappa shape index (κ3) is 5.43. The van der Waals surface area contributed by atoms with Crippen LogP contribution >= 0.6 is 11.6 Å². The Morgan fingerprint density at radius 2 is 1.76 bits per heavy atom. The molecule has 0 radical (unpaired) electrons. The van der Waals surface area contributed by atoms with Crippen molar-refractivity contribution in [3.05, 3.63) is 64.9 Å². The molecule has 0 unspecified atom stereocenters. The Balaban J connectivity index is 1.15. The summed E-state index contributed by atoms with van der Waals surface area (Å²) < 4.78 is 0. The lowest BCUT2D eigenvalue weighted by Crippen LogP contribution is -2.58. The van der Waals surface area contributed by atoms with Gasteiger partial charge in [-0.2, -0.15) is 0 Å². The number of hydrogen-bond acceptors (Lipinski definition) is 7. The molecule has 2 aromatic heterocycles. The molecule has 3 aliphatic heterocycles. The van der Waals surface area contributed by atoms with Gasteiger partial charge in [0.05, 0.1) is 33.5 Å². The number of fused-ring (bicyclic) bond motifs is 3. The number of anilines is 3. The fraction of sp³-hybridized carbons (Fsp3) is 0.432. The number of amides is 3. The first-order valence-electron chi connectivity index (χ1n) is 17.4. The van der Waals surface area contributed by atoms with Crippen LogP contribution in [-0.2, 0) is 15.0 Å². The molecule has 4 aromatic rings. The number of aromatic nitrogens is 3. The first-order valence-corrected chi connectivity index (χ1v) is 17.7. The molecular formula is C37H41ClN8O3. The number of hydrogen-bond donors (Lipinski definition) is 3. The summed E-state index contributed by atoms with van der Waals surface area (Å²) in [6.07, 6.45) is 8.67. The summed E-state index contributed by atoms with van der Waals surface area (Å²) in [5.41, 5.74) is 5.49. The van der Waals surface area contributed by atoms with E-state index in [9.17, 15) is 14.4 Å². The predicted molar refractivity (Wildman–Crippen MR) is 190 cm³/mol. The zero-order valence-corrected chi connectivity index (χ0v) is 28.6. The quantitative estimate of drug-likeness (QED) is 0.241. The van der Waals surface area contributed by atoms with E-state index in [2.05, 4.69) is 48.6 Å². The van der Waals surface area contributed by atoms with E-state index in [4.69, 9.17) is 16.6 Å². The highest BCUT2D eigenvalue weighted by atomic mass is 35.5. The highest BCUT2D eigenvalue weighted by molar-refractivity contribution is 6.34. The van der Waals surface area contributed by atoms with Crippen molar-refractivity contribution in [1.82, 2.24) is 30.1 Å². The van der Waals surface area contributed by atoms with Crippen LogP contribution in [0.5, 0.6) is 0 Å². The maximum Gasteiger partial charge on any atom is 0.252 e. The van der Waals surface area contributed by atoms with E-state index in [1.54, 1.807) is 38.5 Å². The Morgan fingerprint density at radius 3 is 2.49 bits per heavy atom. The average Bonchev–Trinajstić information content (AvgIpc) is 3.67.